The van der Waals surface area contributed by atoms with Gasteiger partial charge in [0.2, 0.25) is 5.91 Å². The summed E-state index contributed by atoms with van der Waals surface area (Å²) in [7, 11) is 0. The van der Waals surface area contributed by atoms with Crippen LogP contribution in [0.2, 0.25) is 0 Å². The fourth-order valence-corrected chi connectivity index (χ4v) is 6.09. The summed E-state index contributed by atoms with van der Waals surface area (Å²) in [6.07, 6.45) is 1.92. The van der Waals surface area contributed by atoms with Crippen LogP contribution in [-0.2, 0) is 19.1 Å². The number of ether oxygens (including phenoxy) is 2. The minimum Gasteiger partial charge on any atom is -0.481 e. The molecule has 14 heteroatoms. The second-order valence-corrected chi connectivity index (χ2v) is 13.5. The molecule has 1 saturated heterocycles. The number of aliphatic hydroxyl groups excluding tert-OH is 8. The van der Waals surface area contributed by atoms with Crippen molar-refractivity contribution >= 4 is 11.9 Å². The molecule has 9 atom stereocenters. The average molecular weight is 710 g/mol. The first kappa shape index (κ1) is 45.6. The largest absolute Gasteiger partial charge is 0.481 e. The quantitative estimate of drug-likeness (QED) is 0.0483. The summed E-state index contributed by atoms with van der Waals surface area (Å²) in [5.41, 5.74) is 0. The SMILES string of the molecule is CCCCCCCCCCCC(=O)N(CCCCCCCCCCC(=O)O)C[C@H](O)[C@@H](O)[C@H](O[C@@H]1O[C@H](CO)[C@H](O)[C@H](O)[C@H]1O)[C@H](O)CO. The number of hydrogen-bond acceptors (Lipinski definition) is 12. The van der Waals surface area contributed by atoms with Gasteiger partial charge < -0.3 is 60.3 Å². The maximum Gasteiger partial charge on any atom is 0.303 e. The molecule has 0 spiro atoms. The van der Waals surface area contributed by atoms with E-state index in [0.29, 0.717) is 25.8 Å². The van der Waals surface area contributed by atoms with E-state index < -0.39 is 74.3 Å². The van der Waals surface area contributed by atoms with Crippen LogP contribution in [0.15, 0.2) is 0 Å². The number of hydrogen-bond donors (Lipinski definition) is 9. The van der Waals surface area contributed by atoms with Crippen molar-refractivity contribution in [2.75, 3.05) is 26.3 Å². The second-order valence-electron chi connectivity index (χ2n) is 13.5. The second kappa shape index (κ2) is 27.2. The van der Waals surface area contributed by atoms with Gasteiger partial charge in [0.15, 0.2) is 6.29 Å². The molecule has 9 N–H and O–H groups in total. The smallest absolute Gasteiger partial charge is 0.303 e. The zero-order valence-corrected chi connectivity index (χ0v) is 29.6. The van der Waals surface area contributed by atoms with Gasteiger partial charge in [-0.2, -0.15) is 0 Å². The molecule has 14 nitrogen and oxygen atoms in total. The highest BCUT2D eigenvalue weighted by Gasteiger charge is 2.47. The van der Waals surface area contributed by atoms with Crippen LogP contribution >= 0.6 is 0 Å². The van der Waals surface area contributed by atoms with Crippen molar-refractivity contribution in [3.8, 4) is 0 Å². The number of carboxylic acid groups (broad SMARTS) is 1. The molecule has 1 rings (SSSR count). The van der Waals surface area contributed by atoms with E-state index >= 15 is 0 Å². The Labute approximate surface area is 292 Å². The number of unbranched alkanes of at least 4 members (excludes halogenated alkanes) is 15. The van der Waals surface area contributed by atoms with Gasteiger partial charge >= 0.3 is 5.97 Å². The molecule has 290 valence electrons. The molecule has 0 saturated carbocycles. The van der Waals surface area contributed by atoms with Crippen molar-refractivity contribution in [1.29, 1.82) is 0 Å². The lowest BCUT2D eigenvalue weighted by atomic mass is 9.98. The lowest BCUT2D eigenvalue weighted by Gasteiger charge is -2.42. The third-order valence-corrected chi connectivity index (χ3v) is 9.26. The van der Waals surface area contributed by atoms with Crippen molar-refractivity contribution in [1.82, 2.24) is 4.90 Å². The van der Waals surface area contributed by atoms with Crippen LogP contribution in [0.5, 0.6) is 0 Å². The molecule has 1 aliphatic rings. The van der Waals surface area contributed by atoms with Gasteiger partial charge in [-0.3, -0.25) is 9.59 Å². The molecular weight excluding hydrogens is 642 g/mol. The summed E-state index contributed by atoms with van der Waals surface area (Å²) in [5, 5.41) is 91.0. The topological polar surface area (TPSA) is 238 Å². The predicted octanol–water partition coefficient (Wildman–Crippen LogP) is 1.59. The third-order valence-electron chi connectivity index (χ3n) is 9.26. The first-order valence-electron chi connectivity index (χ1n) is 18.6. The van der Waals surface area contributed by atoms with Gasteiger partial charge in [-0.05, 0) is 19.3 Å². The monoisotopic (exact) mass is 709 g/mol. The van der Waals surface area contributed by atoms with Crippen LogP contribution in [0.25, 0.3) is 0 Å². The van der Waals surface area contributed by atoms with E-state index in [1.165, 1.54) is 37.0 Å². The van der Waals surface area contributed by atoms with Gasteiger partial charge in [-0.15, -0.1) is 0 Å². The van der Waals surface area contributed by atoms with Gasteiger partial charge in [-0.25, -0.2) is 0 Å². The Kier molecular flexibility index (Phi) is 25.3. The van der Waals surface area contributed by atoms with Gasteiger partial charge in [0.1, 0.15) is 48.8 Å². The van der Waals surface area contributed by atoms with E-state index in [9.17, 15) is 50.4 Å². The number of amides is 1. The number of aliphatic hydroxyl groups is 8. The highest BCUT2D eigenvalue weighted by molar-refractivity contribution is 5.76. The summed E-state index contributed by atoms with van der Waals surface area (Å²) >= 11 is 0. The van der Waals surface area contributed by atoms with Crippen LogP contribution in [0.4, 0.5) is 0 Å². The number of nitrogens with zero attached hydrogens (tertiary/aromatic N) is 1. The minimum absolute atomic E-state index is 0.179. The Bertz CT molecular complexity index is 850. The van der Waals surface area contributed by atoms with Crippen molar-refractivity contribution in [3.63, 3.8) is 0 Å². The van der Waals surface area contributed by atoms with Crippen molar-refractivity contribution < 1.29 is 65.0 Å². The Hall–Kier alpha value is -1.46. The van der Waals surface area contributed by atoms with Crippen molar-refractivity contribution in [3.05, 3.63) is 0 Å². The van der Waals surface area contributed by atoms with E-state index in [1.807, 2.05) is 0 Å². The van der Waals surface area contributed by atoms with Crippen LogP contribution in [0.3, 0.4) is 0 Å². The lowest BCUT2D eigenvalue weighted by Crippen LogP contribution is -2.61. The molecule has 0 unspecified atom stereocenters. The van der Waals surface area contributed by atoms with Gasteiger partial charge in [0.05, 0.1) is 13.2 Å². The Morgan fingerprint density at radius 1 is 0.694 bits per heavy atom. The van der Waals surface area contributed by atoms with E-state index in [0.717, 1.165) is 57.8 Å². The molecule has 1 aliphatic heterocycles. The molecule has 0 aliphatic carbocycles. The third kappa shape index (κ3) is 18.6. The molecule has 0 aromatic heterocycles. The standard InChI is InChI=1S/C35H67NO13/c1-2-3-4-5-6-7-10-13-16-19-28(41)36(21-18-15-12-9-8-11-14-17-20-29(42)43)22-25(39)30(44)34(26(40)23-37)49-35-33(47)32(46)31(45)27(24-38)48-35/h25-27,30-35,37-40,44-47H,2-24H2,1H3,(H,42,43)/t25-,26+,27+,30+,31-,32-,33+,34+,35-/m0/s1. The Morgan fingerprint density at radius 3 is 1.71 bits per heavy atom. The van der Waals surface area contributed by atoms with E-state index in [-0.39, 0.29) is 25.3 Å². The molecule has 0 aromatic carbocycles. The lowest BCUT2D eigenvalue weighted by molar-refractivity contribution is -0.327. The summed E-state index contributed by atoms with van der Waals surface area (Å²) in [6.45, 7) is 0.608. The van der Waals surface area contributed by atoms with E-state index in [1.54, 1.807) is 0 Å². The summed E-state index contributed by atoms with van der Waals surface area (Å²) < 4.78 is 10.8. The predicted molar refractivity (Wildman–Crippen MR) is 181 cm³/mol. The Morgan fingerprint density at radius 2 is 1.20 bits per heavy atom. The van der Waals surface area contributed by atoms with Crippen LogP contribution in [0, 0.1) is 0 Å². The fraction of sp³-hybridized carbons (Fsp3) is 0.943. The molecule has 1 heterocycles. The van der Waals surface area contributed by atoms with Crippen LogP contribution in [-0.4, -0.2) is 144 Å². The van der Waals surface area contributed by atoms with E-state index in [4.69, 9.17) is 14.6 Å². The van der Waals surface area contributed by atoms with Crippen molar-refractivity contribution in [2.24, 2.45) is 0 Å². The molecule has 0 radical (unpaired) electrons. The fourth-order valence-electron chi connectivity index (χ4n) is 6.09. The summed E-state index contributed by atoms with van der Waals surface area (Å²) in [6, 6.07) is 0. The van der Waals surface area contributed by atoms with Crippen LogP contribution < -0.4 is 0 Å². The highest BCUT2D eigenvalue weighted by Crippen LogP contribution is 2.25. The minimum atomic E-state index is -1.86. The van der Waals surface area contributed by atoms with Crippen LogP contribution in [0.1, 0.15) is 129 Å². The van der Waals surface area contributed by atoms with Crippen molar-refractivity contribution in [2.45, 2.75) is 184 Å². The van der Waals surface area contributed by atoms with E-state index in [2.05, 4.69) is 6.92 Å². The normalized spacial score (nSPS) is 23.6. The van der Waals surface area contributed by atoms with Gasteiger partial charge in [-0.1, -0.05) is 96.8 Å². The molecule has 1 fully saturated rings. The molecule has 0 bridgehead atoms. The zero-order chi connectivity index (χ0) is 36.6. The highest BCUT2D eigenvalue weighted by atomic mass is 16.7. The molecule has 49 heavy (non-hydrogen) atoms. The maximum atomic E-state index is 13.3. The zero-order valence-electron chi connectivity index (χ0n) is 29.6. The maximum absolute atomic E-state index is 13.3. The number of aliphatic carboxylic acids is 1. The summed E-state index contributed by atoms with van der Waals surface area (Å²) in [4.78, 5) is 25.5. The van der Waals surface area contributed by atoms with Gasteiger partial charge in [0, 0.05) is 25.9 Å². The first-order valence-corrected chi connectivity index (χ1v) is 18.6. The molecular formula is C35H67NO13. The number of rotatable bonds is 30. The Balaban J connectivity index is 2.78. The summed E-state index contributed by atoms with van der Waals surface area (Å²) in [5.74, 6) is -0.960. The molecule has 1 amide bonds. The molecule has 0 aromatic rings. The number of carboxylic acids is 1. The number of carbonyl (C=O) groups is 2. The first-order chi connectivity index (χ1) is 23.5. The number of carbonyl (C=O) groups excluding carboxylic acids is 1. The average Bonchev–Trinajstić information content (AvgIpc) is 3.08. The van der Waals surface area contributed by atoms with Gasteiger partial charge in [0.25, 0.3) is 0 Å².